The van der Waals surface area contributed by atoms with Crippen LogP contribution in [0.15, 0.2) is 85.1 Å². The van der Waals surface area contributed by atoms with Crippen LogP contribution >= 0.6 is 11.6 Å². The highest BCUT2D eigenvalue weighted by Crippen LogP contribution is 2.24. The highest BCUT2D eigenvalue weighted by atomic mass is 35.5. The second-order valence-corrected chi connectivity index (χ2v) is 7.80. The first kappa shape index (κ1) is 20.8. The highest BCUT2D eigenvalue weighted by Gasteiger charge is 2.05. The monoisotopic (exact) mass is 459 g/mol. The number of benzene rings is 3. The number of nitrogens with one attached hydrogen (secondary N) is 3. The number of fused-ring (bicyclic) bond motifs is 1. The lowest BCUT2D eigenvalue weighted by atomic mass is 10.2. The molecule has 2 heterocycles. The van der Waals surface area contributed by atoms with Crippen LogP contribution in [0.5, 0.6) is 11.5 Å². The number of H-pyrrole nitrogens is 1. The maximum atomic E-state index is 13.0. The molecule has 164 valence electrons. The first-order valence-corrected chi connectivity index (χ1v) is 10.6. The Kier molecular flexibility index (Phi) is 5.78. The normalized spacial score (nSPS) is 10.8. The number of aromatic amines is 1. The molecule has 0 fully saturated rings. The molecule has 3 N–H and O–H groups in total. The summed E-state index contributed by atoms with van der Waals surface area (Å²) in [5, 5.41) is 7.18. The maximum Gasteiger partial charge on any atom is 0.212 e. The van der Waals surface area contributed by atoms with Gasteiger partial charge in [0, 0.05) is 17.3 Å². The fourth-order valence-electron chi connectivity index (χ4n) is 3.29. The standard InChI is InChI=1S/C25H19ClFN5O/c26-17-3-9-21(10-4-17)33-20-7-1-16(2-8-20)14-29-25-31-22-11-5-18(13-23(22)32-25)30-19-6-12-24(27)28-15-19/h1-13,15,30H,14H2,(H2,29,31,32). The molecule has 5 rings (SSSR count). The highest BCUT2D eigenvalue weighted by molar-refractivity contribution is 6.30. The molecule has 0 aliphatic carbocycles. The quantitative estimate of drug-likeness (QED) is 0.231. The molecule has 0 aliphatic heterocycles. The number of nitrogens with zero attached hydrogens (tertiary/aromatic N) is 2. The molecule has 0 saturated heterocycles. The number of aromatic nitrogens is 3. The summed E-state index contributed by atoms with van der Waals surface area (Å²) in [5.74, 6) is 1.65. The van der Waals surface area contributed by atoms with Gasteiger partial charge in [0.05, 0.1) is 22.9 Å². The van der Waals surface area contributed by atoms with Gasteiger partial charge in [-0.15, -0.1) is 0 Å². The smallest absolute Gasteiger partial charge is 0.212 e. The third-order valence-corrected chi connectivity index (χ3v) is 5.18. The fraction of sp³-hybridized carbons (Fsp3) is 0.0400. The Hall–Kier alpha value is -4.10. The Morgan fingerprint density at radius 2 is 1.61 bits per heavy atom. The van der Waals surface area contributed by atoms with Gasteiger partial charge >= 0.3 is 0 Å². The van der Waals surface area contributed by atoms with Crippen molar-refractivity contribution in [3.8, 4) is 11.5 Å². The summed E-state index contributed by atoms with van der Waals surface area (Å²) >= 11 is 5.90. The zero-order chi connectivity index (χ0) is 22.6. The second-order valence-electron chi connectivity index (χ2n) is 7.37. The molecule has 8 heteroatoms. The van der Waals surface area contributed by atoms with Crippen LogP contribution in [-0.2, 0) is 6.54 Å². The molecule has 0 saturated carbocycles. The van der Waals surface area contributed by atoms with Crippen molar-refractivity contribution >= 4 is 40.0 Å². The molecule has 0 atom stereocenters. The average molecular weight is 460 g/mol. The molecule has 33 heavy (non-hydrogen) atoms. The van der Waals surface area contributed by atoms with Crippen LogP contribution in [0, 0.1) is 5.95 Å². The van der Waals surface area contributed by atoms with Gasteiger partial charge in [-0.05, 0) is 72.3 Å². The average Bonchev–Trinajstić information content (AvgIpc) is 3.24. The molecule has 0 aliphatic rings. The maximum absolute atomic E-state index is 13.0. The van der Waals surface area contributed by atoms with E-state index in [2.05, 4.69) is 25.6 Å². The number of pyridine rings is 1. The zero-order valence-corrected chi connectivity index (χ0v) is 18.1. The molecule has 0 spiro atoms. The van der Waals surface area contributed by atoms with E-state index in [1.165, 1.54) is 12.3 Å². The summed E-state index contributed by atoms with van der Waals surface area (Å²) in [6, 6.07) is 23.8. The molecular formula is C25H19ClFN5O. The number of hydrogen-bond donors (Lipinski definition) is 3. The van der Waals surface area contributed by atoms with Gasteiger partial charge in [-0.2, -0.15) is 4.39 Å². The van der Waals surface area contributed by atoms with Crippen molar-refractivity contribution in [2.24, 2.45) is 0 Å². The Morgan fingerprint density at radius 1 is 0.879 bits per heavy atom. The number of rotatable bonds is 7. The van der Waals surface area contributed by atoms with Crippen LogP contribution in [0.1, 0.15) is 5.56 Å². The van der Waals surface area contributed by atoms with E-state index in [0.717, 1.165) is 33.8 Å². The molecule has 2 aromatic heterocycles. The van der Waals surface area contributed by atoms with E-state index in [9.17, 15) is 4.39 Å². The Bertz CT molecular complexity index is 1370. The second kappa shape index (κ2) is 9.18. The summed E-state index contributed by atoms with van der Waals surface area (Å²) in [7, 11) is 0. The largest absolute Gasteiger partial charge is 0.457 e. The summed E-state index contributed by atoms with van der Waals surface area (Å²) in [4.78, 5) is 11.5. The number of hydrogen-bond acceptors (Lipinski definition) is 5. The number of anilines is 3. The SMILES string of the molecule is Fc1ccc(Nc2ccc3nc(NCc4ccc(Oc5ccc(Cl)cc5)cc4)[nH]c3c2)cn1. The van der Waals surface area contributed by atoms with Crippen molar-refractivity contribution in [1.29, 1.82) is 0 Å². The van der Waals surface area contributed by atoms with Gasteiger partial charge in [0.15, 0.2) is 0 Å². The van der Waals surface area contributed by atoms with Gasteiger partial charge in [0.25, 0.3) is 0 Å². The van der Waals surface area contributed by atoms with Crippen LogP contribution in [0.2, 0.25) is 5.02 Å². The van der Waals surface area contributed by atoms with Crippen molar-refractivity contribution in [1.82, 2.24) is 15.0 Å². The van der Waals surface area contributed by atoms with Gasteiger partial charge in [-0.3, -0.25) is 0 Å². The molecule has 6 nitrogen and oxygen atoms in total. The predicted molar refractivity (Wildman–Crippen MR) is 129 cm³/mol. The van der Waals surface area contributed by atoms with Gasteiger partial charge in [0.2, 0.25) is 11.9 Å². The van der Waals surface area contributed by atoms with Crippen LogP contribution in [0.3, 0.4) is 0 Å². The van der Waals surface area contributed by atoms with E-state index < -0.39 is 5.95 Å². The first-order chi connectivity index (χ1) is 16.1. The minimum Gasteiger partial charge on any atom is -0.457 e. The lowest BCUT2D eigenvalue weighted by Crippen LogP contribution is -2.00. The minimum absolute atomic E-state index is 0.510. The van der Waals surface area contributed by atoms with E-state index >= 15 is 0 Å². The van der Waals surface area contributed by atoms with Crippen molar-refractivity contribution in [2.45, 2.75) is 6.54 Å². The number of halogens is 2. The third-order valence-electron chi connectivity index (χ3n) is 4.93. The third kappa shape index (κ3) is 5.22. The van der Waals surface area contributed by atoms with E-state index in [1.54, 1.807) is 18.2 Å². The number of imidazole rings is 1. The van der Waals surface area contributed by atoms with E-state index in [1.807, 2.05) is 54.6 Å². The van der Waals surface area contributed by atoms with Gasteiger partial charge in [0.1, 0.15) is 11.5 Å². The van der Waals surface area contributed by atoms with Gasteiger partial charge in [-0.25, -0.2) is 9.97 Å². The lowest BCUT2D eigenvalue weighted by Gasteiger charge is -2.07. The van der Waals surface area contributed by atoms with Crippen molar-refractivity contribution in [3.63, 3.8) is 0 Å². The fourth-order valence-corrected chi connectivity index (χ4v) is 3.41. The lowest BCUT2D eigenvalue weighted by molar-refractivity contribution is 0.482. The molecule has 3 aromatic carbocycles. The Labute approximate surface area is 194 Å². The van der Waals surface area contributed by atoms with Crippen LogP contribution in [0.25, 0.3) is 11.0 Å². The predicted octanol–water partition coefficient (Wildman–Crippen LogP) is 6.90. The molecule has 0 unspecified atom stereocenters. The molecule has 5 aromatic rings. The van der Waals surface area contributed by atoms with Crippen LogP contribution < -0.4 is 15.4 Å². The summed E-state index contributed by atoms with van der Waals surface area (Å²) in [6.45, 7) is 0.605. The zero-order valence-electron chi connectivity index (χ0n) is 17.3. The van der Waals surface area contributed by atoms with Gasteiger partial charge in [-0.1, -0.05) is 23.7 Å². The summed E-state index contributed by atoms with van der Waals surface area (Å²) in [5.41, 5.74) is 4.36. The van der Waals surface area contributed by atoms with E-state index in [0.29, 0.717) is 23.2 Å². The van der Waals surface area contributed by atoms with E-state index in [4.69, 9.17) is 16.3 Å². The van der Waals surface area contributed by atoms with E-state index in [-0.39, 0.29) is 0 Å². The first-order valence-electron chi connectivity index (χ1n) is 10.3. The number of ether oxygens (including phenoxy) is 1. The Morgan fingerprint density at radius 3 is 2.33 bits per heavy atom. The summed E-state index contributed by atoms with van der Waals surface area (Å²) in [6.07, 6.45) is 1.45. The topological polar surface area (TPSA) is 74.9 Å². The van der Waals surface area contributed by atoms with Gasteiger partial charge < -0.3 is 20.4 Å². The molecule has 0 radical (unpaired) electrons. The molecule has 0 amide bonds. The molecular weight excluding hydrogens is 441 g/mol. The minimum atomic E-state index is -0.510. The van der Waals surface area contributed by atoms with Crippen molar-refractivity contribution in [2.75, 3.05) is 10.6 Å². The summed E-state index contributed by atoms with van der Waals surface area (Å²) < 4.78 is 18.8. The van der Waals surface area contributed by atoms with Crippen LogP contribution in [0.4, 0.5) is 21.7 Å². The molecule has 0 bridgehead atoms. The Balaban J connectivity index is 1.21. The van der Waals surface area contributed by atoms with Crippen molar-refractivity contribution < 1.29 is 9.13 Å². The van der Waals surface area contributed by atoms with Crippen LogP contribution in [-0.4, -0.2) is 15.0 Å². The van der Waals surface area contributed by atoms with Crippen molar-refractivity contribution in [3.05, 3.63) is 102 Å².